The predicted octanol–water partition coefficient (Wildman–Crippen LogP) is 3.88. The van der Waals surface area contributed by atoms with Crippen LogP contribution in [0.1, 0.15) is 51.3 Å². The van der Waals surface area contributed by atoms with Crippen LogP contribution in [0.3, 0.4) is 0 Å². The van der Waals surface area contributed by atoms with E-state index in [1.165, 1.54) is 30.6 Å². The molecule has 108 valence electrons. The number of hydrogen-bond donors (Lipinski definition) is 1. The van der Waals surface area contributed by atoms with Crippen molar-refractivity contribution in [3.05, 3.63) is 22.4 Å². The average molecular weight is 280 g/mol. The van der Waals surface area contributed by atoms with E-state index in [1.54, 1.807) is 0 Å². The first kappa shape index (κ1) is 15.0. The van der Waals surface area contributed by atoms with Gasteiger partial charge in [-0.15, -0.1) is 11.3 Å². The van der Waals surface area contributed by atoms with Gasteiger partial charge in [0.2, 0.25) is 0 Å². The van der Waals surface area contributed by atoms with E-state index in [9.17, 15) is 0 Å². The van der Waals surface area contributed by atoms with E-state index >= 15 is 0 Å². The van der Waals surface area contributed by atoms with Gasteiger partial charge in [0.15, 0.2) is 0 Å². The van der Waals surface area contributed by atoms with Crippen molar-refractivity contribution in [2.24, 2.45) is 0 Å². The van der Waals surface area contributed by atoms with Crippen LogP contribution in [0.4, 0.5) is 0 Å². The lowest BCUT2D eigenvalue weighted by Crippen LogP contribution is -2.35. The molecule has 3 heteroatoms. The van der Waals surface area contributed by atoms with Crippen LogP contribution in [-0.2, 0) is 6.54 Å². The summed E-state index contributed by atoms with van der Waals surface area (Å²) >= 11 is 1.89. The standard InChI is InChI=1S/C16H28N2S/c1-13(2)17-10-4-6-14(3)18(15-8-9-15)12-16-7-5-11-19-16/h5,7,11,13-15,17H,4,6,8-10,12H2,1-3H3. The van der Waals surface area contributed by atoms with Crippen LogP contribution in [0.5, 0.6) is 0 Å². The zero-order chi connectivity index (χ0) is 13.7. The minimum absolute atomic E-state index is 0.612. The molecule has 1 aliphatic carbocycles. The Balaban J connectivity index is 1.75. The summed E-state index contributed by atoms with van der Waals surface area (Å²) in [6.07, 6.45) is 5.40. The number of rotatable bonds is 9. The van der Waals surface area contributed by atoms with Gasteiger partial charge in [-0.1, -0.05) is 19.9 Å². The molecule has 0 aliphatic heterocycles. The summed E-state index contributed by atoms with van der Waals surface area (Å²) in [6, 6.07) is 6.62. The summed E-state index contributed by atoms with van der Waals surface area (Å²) in [5.74, 6) is 0. The highest BCUT2D eigenvalue weighted by atomic mass is 32.1. The second-order valence-corrected chi connectivity index (χ2v) is 7.12. The van der Waals surface area contributed by atoms with Crippen molar-refractivity contribution >= 4 is 11.3 Å². The van der Waals surface area contributed by atoms with Gasteiger partial charge in [-0.2, -0.15) is 0 Å². The average Bonchev–Trinajstić information content (AvgIpc) is 3.08. The zero-order valence-corrected chi connectivity index (χ0v) is 13.4. The fourth-order valence-electron chi connectivity index (χ4n) is 2.59. The highest BCUT2D eigenvalue weighted by molar-refractivity contribution is 7.09. The molecular formula is C16H28N2S. The normalized spacial score (nSPS) is 17.3. The van der Waals surface area contributed by atoms with E-state index in [-0.39, 0.29) is 0 Å². The van der Waals surface area contributed by atoms with E-state index in [2.05, 4.69) is 48.5 Å². The number of hydrogen-bond acceptors (Lipinski definition) is 3. The van der Waals surface area contributed by atoms with Gasteiger partial charge >= 0.3 is 0 Å². The lowest BCUT2D eigenvalue weighted by Gasteiger charge is -2.29. The van der Waals surface area contributed by atoms with E-state index < -0.39 is 0 Å². The largest absolute Gasteiger partial charge is 0.315 e. The molecule has 0 saturated heterocycles. The van der Waals surface area contributed by atoms with E-state index in [0.717, 1.165) is 19.1 Å². The predicted molar refractivity (Wildman–Crippen MR) is 84.7 cm³/mol. The molecule has 1 fully saturated rings. The van der Waals surface area contributed by atoms with E-state index in [4.69, 9.17) is 0 Å². The maximum absolute atomic E-state index is 3.51. The summed E-state index contributed by atoms with van der Waals surface area (Å²) in [4.78, 5) is 4.24. The molecule has 1 aliphatic rings. The van der Waals surface area contributed by atoms with Crippen molar-refractivity contribution < 1.29 is 0 Å². The molecule has 1 N–H and O–H groups in total. The van der Waals surface area contributed by atoms with Crippen LogP contribution in [-0.4, -0.2) is 29.6 Å². The van der Waals surface area contributed by atoms with Crippen LogP contribution in [0.2, 0.25) is 0 Å². The van der Waals surface area contributed by atoms with Crippen LogP contribution in [0.25, 0.3) is 0 Å². The molecule has 0 bridgehead atoms. The Morgan fingerprint density at radius 3 is 2.74 bits per heavy atom. The van der Waals surface area contributed by atoms with Crippen molar-refractivity contribution in [3.8, 4) is 0 Å². The van der Waals surface area contributed by atoms with Gasteiger partial charge in [-0.3, -0.25) is 4.90 Å². The lowest BCUT2D eigenvalue weighted by molar-refractivity contribution is 0.179. The molecule has 1 heterocycles. The van der Waals surface area contributed by atoms with E-state index in [1.807, 2.05) is 11.3 Å². The Bertz CT molecular complexity index is 344. The van der Waals surface area contributed by atoms with Crippen molar-refractivity contribution in [2.75, 3.05) is 6.54 Å². The van der Waals surface area contributed by atoms with Crippen molar-refractivity contribution in [3.63, 3.8) is 0 Å². The third kappa shape index (κ3) is 5.25. The first-order valence-corrected chi connectivity index (χ1v) is 8.56. The Labute approximate surface area is 122 Å². The Morgan fingerprint density at radius 2 is 2.16 bits per heavy atom. The molecule has 1 aromatic heterocycles. The highest BCUT2D eigenvalue weighted by Crippen LogP contribution is 2.31. The molecule has 19 heavy (non-hydrogen) atoms. The summed E-state index contributed by atoms with van der Waals surface area (Å²) in [7, 11) is 0. The first-order valence-electron chi connectivity index (χ1n) is 7.68. The molecule has 1 aromatic rings. The highest BCUT2D eigenvalue weighted by Gasteiger charge is 2.31. The van der Waals surface area contributed by atoms with Gasteiger partial charge in [0, 0.05) is 29.5 Å². The molecule has 2 rings (SSSR count). The van der Waals surface area contributed by atoms with Gasteiger partial charge in [-0.25, -0.2) is 0 Å². The van der Waals surface area contributed by atoms with Gasteiger partial charge in [0.25, 0.3) is 0 Å². The summed E-state index contributed by atoms with van der Waals surface area (Å²) in [6.45, 7) is 9.15. The third-order valence-electron chi connectivity index (χ3n) is 3.85. The topological polar surface area (TPSA) is 15.3 Å². The Morgan fingerprint density at radius 1 is 1.37 bits per heavy atom. The van der Waals surface area contributed by atoms with Gasteiger partial charge in [0.05, 0.1) is 0 Å². The number of nitrogens with zero attached hydrogens (tertiary/aromatic N) is 1. The smallest absolute Gasteiger partial charge is 0.0333 e. The van der Waals surface area contributed by atoms with Crippen LogP contribution in [0, 0.1) is 0 Å². The fraction of sp³-hybridized carbons (Fsp3) is 0.750. The maximum atomic E-state index is 3.51. The summed E-state index contributed by atoms with van der Waals surface area (Å²) in [5, 5.41) is 5.71. The minimum atomic E-state index is 0.612. The monoisotopic (exact) mass is 280 g/mol. The van der Waals surface area contributed by atoms with Crippen LogP contribution >= 0.6 is 11.3 Å². The van der Waals surface area contributed by atoms with Crippen molar-refractivity contribution in [2.45, 2.75) is 71.1 Å². The first-order chi connectivity index (χ1) is 9.16. The SMILES string of the molecule is CC(C)NCCCC(C)N(Cc1cccs1)C1CC1. The molecule has 0 radical (unpaired) electrons. The molecule has 1 saturated carbocycles. The quantitative estimate of drug-likeness (QED) is 0.691. The van der Waals surface area contributed by atoms with Gasteiger partial charge in [-0.05, 0) is 50.6 Å². The molecule has 0 spiro atoms. The third-order valence-corrected chi connectivity index (χ3v) is 4.71. The Hall–Kier alpha value is -0.380. The lowest BCUT2D eigenvalue weighted by atomic mass is 10.1. The summed E-state index contributed by atoms with van der Waals surface area (Å²) < 4.78 is 0. The second kappa shape index (κ2) is 7.41. The van der Waals surface area contributed by atoms with Crippen molar-refractivity contribution in [1.29, 1.82) is 0 Å². The van der Waals surface area contributed by atoms with Gasteiger partial charge < -0.3 is 5.32 Å². The second-order valence-electron chi connectivity index (χ2n) is 6.08. The number of nitrogens with one attached hydrogen (secondary N) is 1. The van der Waals surface area contributed by atoms with Crippen LogP contribution in [0.15, 0.2) is 17.5 Å². The minimum Gasteiger partial charge on any atom is -0.315 e. The maximum Gasteiger partial charge on any atom is 0.0333 e. The molecule has 0 amide bonds. The van der Waals surface area contributed by atoms with E-state index in [0.29, 0.717) is 12.1 Å². The molecule has 2 nitrogen and oxygen atoms in total. The summed E-state index contributed by atoms with van der Waals surface area (Å²) in [5.41, 5.74) is 0. The molecule has 1 unspecified atom stereocenters. The van der Waals surface area contributed by atoms with Crippen LogP contribution < -0.4 is 5.32 Å². The fourth-order valence-corrected chi connectivity index (χ4v) is 3.30. The van der Waals surface area contributed by atoms with Gasteiger partial charge in [0.1, 0.15) is 0 Å². The van der Waals surface area contributed by atoms with Crippen molar-refractivity contribution in [1.82, 2.24) is 10.2 Å². The number of thiophene rings is 1. The molecular weight excluding hydrogens is 252 g/mol. The Kier molecular flexibility index (Phi) is 5.86. The zero-order valence-electron chi connectivity index (χ0n) is 12.6. The molecule has 0 aromatic carbocycles. The molecule has 1 atom stereocenters.